The van der Waals surface area contributed by atoms with Crippen molar-refractivity contribution in [2.45, 2.75) is 6.54 Å². The summed E-state index contributed by atoms with van der Waals surface area (Å²) in [6.45, 7) is 0.0198. The summed E-state index contributed by atoms with van der Waals surface area (Å²) in [7, 11) is 5.47. The third-order valence-electron chi connectivity index (χ3n) is 6.50. The number of rotatable bonds is 5. The quantitative estimate of drug-likeness (QED) is 0.403. The van der Waals surface area contributed by atoms with Crippen molar-refractivity contribution in [1.82, 2.24) is 38.0 Å². The lowest BCUT2D eigenvalue weighted by molar-refractivity contribution is -0.118. The Bertz CT molecular complexity index is 1860. The van der Waals surface area contributed by atoms with Gasteiger partial charge in [0.05, 0.1) is 40.8 Å². The van der Waals surface area contributed by atoms with E-state index >= 15 is 0 Å². The van der Waals surface area contributed by atoms with Crippen LogP contribution in [0.3, 0.4) is 0 Å². The van der Waals surface area contributed by atoms with Crippen molar-refractivity contribution in [3.63, 3.8) is 0 Å². The van der Waals surface area contributed by atoms with E-state index in [1.807, 2.05) is 48.0 Å². The first-order valence-corrected chi connectivity index (χ1v) is 11.3. The van der Waals surface area contributed by atoms with Gasteiger partial charge in [0.1, 0.15) is 12.2 Å². The third kappa shape index (κ3) is 3.24. The lowest BCUT2D eigenvalue weighted by Crippen LogP contribution is -2.19. The fourth-order valence-electron chi connectivity index (χ4n) is 4.66. The summed E-state index contributed by atoms with van der Waals surface area (Å²) in [6, 6.07) is 11.9. The summed E-state index contributed by atoms with van der Waals surface area (Å²) >= 11 is 0. The first-order valence-electron chi connectivity index (χ1n) is 11.3. The average molecular weight is 482 g/mol. The van der Waals surface area contributed by atoms with Gasteiger partial charge >= 0.3 is 5.69 Å². The summed E-state index contributed by atoms with van der Waals surface area (Å²) in [5, 5.41) is 4.23. The lowest BCUT2D eigenvalue weighted by Gasteiger charge is -2.11. The molecule has 2 N–H and O–H groups in total. The molecule has 0 radical (unpaired) electrons. The molecule has 0 saturated heterocycles. The van der Waals surface area contributed by atoms with E-state index in [9.17, 15) is 9.59 Å². The van der Waals surface area contributed by atoms with Crippen molar-refractivity contribution < 1.29 is 4.79 Å². The minimum absolute atomic E-state index is 0.0198. The molecule has 0 saturated carbocycles. The first kappa shape index (κ1) is 21.6. The predicted octanol–water partition coefficient (Wildman–Crippen LogP) is 1.97. The molecule has 180 valence electrons. The number of nitrogens with zero attached hydrogens (tertiary/aromatic N) is 8. The average Bonchev–Trinajstić information content (AvgIpc) is 3.62. The summed E-state index contributed by atoms with van der Waals surface area (Å²) in [6.07, 6.45) is 7.01. The Balaban J connectivity index is 1.56. The van der Waals surface area contributed by atoms with Crippen LogP contribution >= 0.6 is 0 Å². The van der Waals surface area contributed by atoms with Crippen molar-refractivity contribution >= 4 is 28.0 Å². The van der Waals surface area contributed by atoms with Crippen LogP contribution in [0.4, 0.5) is 0 Å². The molecule has 0 bridgehead atoms. The number of hydrogen-bond acceptors (Lipinski definition) is 5. The molecule has 6 aromatic rings. The molecular formula is C25H23N9O2. The number of amides is 1. The van der Waals surface area contributed by atoms with Gasteiger partial charge in [0.2, 0.25) is 5.91 Å². The highest BCUT2D eigenvalue weighted by atomic mass is 16.2. The van der Waals surface area contributed by atoms with Gasteiger partial charge in [-0.1, -0.05) is 6.07 Å². The standard InChI is InChI=1S/C25H23N9O2/c1-30-14-27-11-22(30)24-29-18-8-15(16-10-28-33(12-16)13-23(26)35)4-6-19(18)34(24)17-5-7-20-21(9-17)32(3)25(36)31(20)2/h4-12,14H,13H2,1-3H3,(H2,26,35). The number of fused-ring (bicyclic) bond motifs is 2. The van der Waals surface area contributed by atoms with E-state index in [0.717, 1.165) is 50.4 Å². The number of hydrogen-bond donors (Lipinski definition) is 1. The van der Waals surface area contributed by atoms with Crippen LogP contribution in [0.5, 0.6) is 0 Å². The molecule has 0 atom stereocenters. The van der Waals surface area contributed by atoms with E-state index in [2.05, 4.69) is 14.6 Å². The Morgan fingerprint density at radius 3 is 2.47 bits per heavy atom. The van der Waals surface area contributed by atoms with Gasteiger partial charge in [0.25, 0.3) is 0 Å². The Morgan fingerprint density at radius 1 is 0.944 bits per heavy atom. The second-order valence-electron chi connectivity index (χ2n) is 8.83. The molecule has 11 nitrogen and oxygen atoms in total. The van der Waals surface area contributed by atoms with E-state index in [0.29, 0.717) is 0 Å². The molecular weight excluding hydrogens is 458 g/mol. The summed E-state index contributed by atoms with van der Waals surface area (Å²) in [5.41, 5.74) is 12.1. The van der Waals surface area contributed by atoms with Gasteiger partial charge in [0, 0.05) is 38.6 Å². The van der Waals surface area contributed by atoms with Crippen LogP contribution in [0.1, 0.15) is 0 Å². The zero-order chi connectivity index (χ0) is 25.1. The summed E-state index contributed by atoms with van der Waals surface area (Å²) in [4.78, 5) is 33.0. The van der Waals surface area contributed by atoms with Gasteiger partial charge in [-0.15, -0.1) is 0 Å². The maximum atomic E-state index is 12.5. The molecule has 0 fully saturated rings. The van der Waals surface area contributed by atoms with Gasteiger partial charge < -0.3 is 10.3 Å². The van der Waals surface area contributed by atoms with E-state index in [-0.39, 0.29) is 12.2 Å². The number of aryl methyl sites for hydroxylation is 3. The summed E-state index contributed by atoms with van der Waals surface area (Å²) in [5.74, 6) is 0.277. The Kier molecular flexibility index (Phi) is 4.68. The second-order valence-corrected chi connectivity index (χ2v) is 8.83. The maximum absolute atomic E-state index is 12.5. The van der Waals surface area contributed by atoms with E-state index in [1.54, 1.807) is 48.1 Å². The van der Waals surface area contributed by atoms with Crippen molar-refractivity contribution in [1.29, 1.82) is 0 Å². The highest BCUT2D eigenvalue weighted by Gasteiger charge is 2.19. The molecule has 6 rings (SSSR count). The molecule has 0 unspecified atom stereocenters. The minimum Gasteiger partial charge on any atom is -0.368 e. The van der Waals surface area contributed by atoms with E-state index in [4.69, 9.17) is 10.7 Å². The number of aromatic nitrogens is 8. The van der Waals surface area contributed by atoms with Crippen LogP contribution in [-0.4, -0.2) is 43.9 Å². The number of carbonyl (C=O) groups excluding carboxylic acids is 1. The van der Waals surface area contributed by atoms with E-state index in [1.165, 1.54) is 4.68 Å². The normalized spacial score (nSPS) is 11.6. The first-order chi connectivity index (χ1) is 17.3. The fourth-order valence-corrected chi connectivity index (χ4v) is 4.66. The highest BCUT2D eigenvalue weighted by Crippen LogP contribution is 2.32. The zero-order valence-electron chi connectivity index (χ0n) is 20.0. The third-order valence-corrected chi connectivity index (χ3v) is 6.50. The predicted molar refractivity (Wildman–Crippen MR) is 135 cm³/mol. The Hall–Kier alpha value is -4.93. The molecule has 0 spiro atoms. The molecule has 36 heavy (non-hydrogen) atoms. The van der Waals surface area contributed by atoms with Crippen molar-refractivity contribution in [3.8, 4) is 28.3 Å². The van der Waals surface area contributed by atoms with Crippen LogP contribution in [0.25, 0.3) is 50.4 Å². The molecule has 1 amide bonds. The van der Waals surface area contributed by atoms with Crippen LogP contribution < -0.4 is 11.4 Å². The monoisotopic (exact) mass is 481 g/mol. The van der Waals surface area contributed by atoms with Crippen LogP contribution in [0.15, 0.2) is 66.1 Å². The number of carbonyl (C=O) groups is 1. The smallest absolute Gasteiger partial charge is 0.328 e. The summed E-state index contributed by atoms with van der Waals surface area (Å²) < 4.78 is 8.79. The van der Waals surface area contributed by atoms with Gasteiger partial charge in [0.15, 0.2) is 5.82 Å². The molecule has 0 aliphatic carbocycles. The maximum Gasteiger partial charge on any atom is 0.328 e. The van der Waals surface area contributed by atoms with Crippen molar-refractivity contribution in [2.75, 3.05) is 0 Å². The number of imidazole rings is 3. The van der Waals surface area contributed by atoms with Crippen LogP contribution in [-0.2, 0) is 32.5 Å². The Morgan fingerprint density at radius 2 is 1.72 bits per heavy atom. The lowest BCUT2D eigenvalue weighted by atomic mass is 10.1. The van der Waals surface area contributed by atoms with Crippen LogP contribution in [0.2, 0.25) is 0 Å². The molecule has 0 aliphatic rings. The van der Waals surface area contributed by atoms with Crippen molar-refractivity contribution in [3.05, 3.63) is 71.8 Å². The Labute approximate surface area is 204 Å². The SMILES string of the molecule is Cn1cncc1-c1nc2cc(-c3cnn(CC(N)=O)c3)ccc2n1-c1ccc2c(c1)n(C)c(=O)n2C. The molecule has 2 aromatic carbocycles. The number of benzene rings is 2. The van der Waals surface area contributed by atoms with Gasteiger partial charge in [-0.2, -0.15) is 5.10 Å². The molecule has 0 aliphatic heterocycles. The van der Waals surface area contributed by atoms with Crippen LogP contribution in [0, 0.1) is 0 Å². The molecule has 4 heterocycles. The highest BCUT2D eigenvalue weighted by molar-refractivity contribution is 5.88. The van der Waals surface area contributed by atoms with Gasteiger partial charge in [-0.3, -0.25) is 23.2 Å². The number of primary amides is 1. The topological polar surface area (TPSA) is 123 Å². The zero-order valence-corrected chi connectivity index (χ0v) is 20.0. The number of nitrogens with two attached hydrogens (primary N) is 1. The molecule has 11 heteroatoms. The largest absolute Gasteiger partial charge is 0.368 e. The molecule has 4 aromatic heterocycles. The van der Waals surface area contributed by atoms with Crippen molar-refractivity contribution in [2.24, 2.45) is 26.9 Å². The van der Waals surface area contributed by atoms with Gasteiger partial charge in [-0.25, -0.2) is 14.8 Å². The minimum atomic E-state index is -0.451. The second kappa shape index (κ2) is 7.80. The van der Waals surface area contributed by atoms with E-state index < -0.39 is 5.91 Å². The van der Waals surface area contributed by atoms with Gasteiger partial charge in [-0.05, 0) is 35.9 Å². The fraction of sp³-hybridized carbons (Fsp3) is 0.160.